The molecule has 1 atom stereocenters. The quantitative estimate of drug-likeness (QED) is 0.773. The van der Waals surface area contributed by atoms with Crippen LogP contribution < -0.4 is 4.74 Å². The number of hydrogen-bond acceptors (Lipinski definition) is 4. The van der Waals surface area contributed by atoms with Crippen LogP contribution in [-0.4, -0.2) is 40.0 Å². The Kier molecular flexibility index (Phi) is 6.74. The van der Waals surface area contributed by atoms with E-state index < -0.39 is 5.82 Å². The molecule has 1 amide bonds. The maximum atomic E-state index is 12.8. The highest BCUT2D eigenvalue weighted by molar-refractivity contribution is 5.79. The van der Waals surface area contributed by atoms with E-state index in [0.29, 0.717) is 6.54 Å². The number of likely N-dealkylation sites (tertiary alicyclic amines) is 1. The molecule has 1 aliphatic heterocycles. The number of ether oxygens (including phenoxy) is 1. The molecule has 23 heavy (non-hydrogen) atoms. The average Bonchev–Trinajstić information content (AvgIpc) is 2.56. The summed E-state index contributed by atoms with van der Waals surface area (Å²) in [6.07, 6.45) is 7.74. The molecule has 1 fully saturated rings. The van der Waals surface area contributed by atoms with Gasteiger partial charge < -0.3 is 9.64 Å². The van der Waals surface area contributed by atoms with Gasteiger partial charge in [-0.15, -0.1) is 0 Å². The van der Waals surface area contributed by atoms with Crippen LogP contribution in [-0.2, 0) is 4.79 Å². The van der Waals surface area contributed by atoms with Crippen LogP contribution in [0.25, 0.3) is 0 Å². The van der Waals surface area contributed by atoms with E-state index in [1.807, 2.05) is 4.90 Å². The Morgan fingerprint density at radius 2 is 2.00 bits per heavy atom. The van der Waals surface area contributed by atoms with Gasteiger partial charge in [0.05, 0.1) is 18.9 Å². The molecule has 1 aromatic rings. The minimum atomic E-state index is -0.486. The highest BCUT2D eigenvalue weighted by atomic mass is 19.1. The maximum Gasteiger partial charge on any atom is 0.316 e. The third-order valence-electron chi connectivity index (χ3n) is 4.18. The van der Waals surface area contributed by atoms with Crippen molar-refractivity contribution in [2.24, 2.45) is 5.92 Å². The van der Waals surface area contributed by atoms with Crippen molar-refractivity contribution in [3.8, 4) is 6.01 Å². The summed E-state index contributed by atoms with van der Waals surface area (Å²) in [5.41, 5.74) is 0. The fourth-order valence-electron chi connectivity index (χ4n) is 3.09. The molecular weight excluding hydrogens is 297 g/mol. The van der Waals surface area contributed by atoms with Crippen LogP contribution in [0.1, 0.15) is 52.4 Å². The zero-order chi connectivity index (χ0) is 16.7. The highest BCUT2D eigenvalue weighted by Gasteiger charge is 2.29. The monoisotopic (exact) mass is 323 g/mol. The second kappa shape index (κ2) is 8.79. The molecule has 6 heteroatoms. The number of carbonyl (C=O) groups is 1. The molecule has 1 aromatic heterocycles. The number of hydrogen-bond donors (Lipinski definition) is 0. The van der Waals surface area contributed by atoms with Gasteiger partial charge in [-0.3, -0.25) is 4.79 Å². The number of aromatic nitrogens is 2. The molecule has 2 rings (SSSR count). The molecule has 1 unspecified atom stereocenters. The fourth-order valence-corrected chi connectivity index (χ4v) is 3.09. The van der Waals surface area contributed by atoms with Crippen molar-refractivity contribution in [3.05, 3.63) is 18.2 Å². The van der Waals surface area contributed by atoms with E-state index >= 15 is 0 Å². The van der Waals surface area contributed by atoms with Crippen molar-refractivity contribution < 1.29 is 13.9 Å². The number of carbonyl (C=O) groups excluding carboxylic acids is 1. The first-order valence-corrected chi connectivity index (χ1v) is 8.57. The molecular formula is C17H26FN3O2. The molecule has 1 saturated heterocycles. The predicted molar refractivity (Wildman–Crippen MR) is 85.5 cm³/mol. The van der Waals surface area contributed by atoms with E-state index in [1.54, 1.807) is 0 Å². The van der Waals surface area contributed by atoms with E-state index in [9.17, 15) is 9.18 Å². The molecule has 0 radical (unpaired) electrons. The second-order valence-electron chi connectivity index (χ2n) is 6.12. The summed E-state index contributed by atoms with van der Waals surface area (Å²) in [6, 6.07) is 0.171. The average molecular weight is 323 g/mol. The van der Waals surface area contributed by atoms with Gasteiger partial charge in [-0.25, -0.2) is 14.4 Å². The van der Waals surface area contributed by atoms with Crippen LogP contribution in [0.2, 0.25) is 0 Å². The zero-order valence-corrected chi connectivity index (χ0v) is 14.0. The van der Waals surface area contributed by atoms with E-state index in [0.717, 1.165) is 57.5 Å². The SMILES string of the molecule is CCCC(CCC)C(=O)N1CCCC(Oc2ncc(F)cn2)C1. The van der Waals surface area contributed by atoms with E-state index in [4.69, 9.17) is 4.74 Å². The van der Waals surface area contributed by atoms with Gasteiger partial charge in [0.2, 0.25) is 5.91 Å². The summed E-state index contributed by atoms with van der Waals surface area (Å²) in [5.74, 6) is -0.132. The summed E-state index contributed by atoms with van der Waals surface area (Å²) >= 11 is 0. The van der Waals surface area contributed by atoms with Crippen molar-refractivity contribution in [2.75, 3.05) is 13.1 Å². The largest absolute Gasteiger partial charge is 0.458 e. The van der Waals surface area contributed by atoms with Crippen molar-refractivity contribution >= 4 is 5.91 Å². The number of rotatable bonds is 7. The van der Waals surface area contributed by atoms with Crippen LogP contribution in [0, 0.1) is 11.7 Å². The number of piperidine rings is 1. The Hall–Kier alpha value is -1.72. The molecule has 0 aromatic carbocycles. The summed E-state index contributed by atoms with van der Waals surface area (Å²) in [7, 11) is 0. The standard InChI is InChI=1S/C17H26FN3O2/c1-3-6-13(7-4-2)16(22)21-9-5-8-15(12-21)23-17-19-10-14(18)11-20-17/h10-11,13,15H,3-9,12H2,1-2H3. The molecule has 0 aliphatic carbocycles. The fraction of sp³-hybridized carbons (Fsp3) is 0.706. The van der Waals surface area contributed by atoms with Crippen LogP contribution in [0.15, 0.2) is 12.4 Å². The van der Waals surface area contributed by atoms with Crippen LogP contribution in [0.5, 0.6) is 6.01 Å². The van der Waals surface area contributed by atoms with E-state index in [-0.39, 0.29) is 23.9 Å². The first-order valence-electron chi connectivity index (χ1n) is 8.57. The summed E-state index contributed by atoms with van der Waals surface area (Å²) < 4.78 is 18.5. The summed E-state index contributed by atoms with van der Waals surface area (Å²) in [5, 5.41) is 0. The Labute approximate surface area is 137 Å². The lowest BCUT2D eigenvalue weighted by molar-refractivity contribution is -0.138. The Balaban J connectivity index is 1.93. The Bertz CT molecular complexity index is 489. The highest BCUT2D eigenvalue weighted by Crippen LogP contribution is 2.21. The zero-order valence-electron chi connectivity index (χ0n) is 14.0. The van der Waals surface area contributed by atoms with Gasteiger partial charge >= 0.3 is 6.01 Å². The van der Waals surface area contributed by atoms with Crippen LogP contribution in [0.3, 0.4) is 0 Å². The van der Waals surface area contributed by atoms with Gasteiger partial charge in [0.15, 0.2) is 5.82 Å². The molecule has 128 valence electrons. The summed E-state index contributed by atoms with van der Waals surface area (Å²) in [4.78, 5) is 22.3. The first-order chi connectivity index (χ1) is 11.1. The molecule has 0 spiro atoms. The van der Waals surface area contributed by atoms with Crippen molar-refractivity contribution in [1.82, 2.24) is 14.9 Å². The minimum absolute atomic E-state index is 0.117. The third-order valence-corrected chi connectivity index (χ3v) is 4.18. The lowest BCUT2D eigenvalue weighted by Crippen LogP contribution is -2.46. The molecule has 1 aliphatic rings. The van der Waals surface area contributed by atoms with E-state index in [1.165, 1.54) is 0 Å². The smallest absolute Gasteiger partial charge is 0.316 e. The van der Waals surface area contributed by atoms with Gasteiger partial charge in [-0.1, -0.05) is 26.7 Å². The van der Waals surface area contributed by atoms with Crippen molar-refractivity contribution in [1.29, 1.82) is 0 Å². The van der Waals surface area contributed by atoms with Crippen LogP contribution >= 0.6 is 0 Å². The molecule has 0 N–H and O–H groups in total. The molecule has 0 saturated carbocycles. The number of nitrogens with zero attached hydrogens (tertiary/aromatic N) is 3. The predicted octanol–water partition coefficient (Wildman–Crippen LogP) is 3.20. The van der Waals surface area contributed by atoms with Gasteiger partial charge in [0.1, 0.15) is 6.10 Å². The third kappa shape index (κ3) is 5.15. The van der Waals surface area contributed by atoms with Gasteiger partial charge in [0.25, 0.3) is 0 Å². The number of halogens is 1. The number of amides is 1. The van der Waals surface area contributed by atoms with Gasteiger partial charge in [-0.2, -0.15) is 0 Å². The maximum absolute atomic E-state index is 12.8. The molecule has 5 nitrogen and oxygen atoms in total. The minimum Gasteiger partial charge on any atom is -0.458 e. The normalized spacial score (nSPS) is 18.3. The Morgan fingerprint density at radius 3 is 2.61 bits per heavy atom. The van der Waals surface area contributed by atoms with Gasteiger partial charge in [0, 0.05) is 12.5 Å². The van der Waals surface area contributed by atoms with Crippen molar-refractivity contribution in [2.45, 2.75) is 58.5 Å². The lowest BCUT2D eigenvalue weighted by atomic mass is 9.95. The van der Waals surface area contributed by atoms with Crippen molar-refractivity contribution in [3.63, 3.8) is 0 Å². The first kappa shape index (κ1) is 17.6. The Morgan fingerprint density at radius 1 is 1.35 bits per heavy atom. The van der Waals surface area contributed by atoms with E-state index in [2.05, 4.69) is 23.8 Å². The molecule has 2 heterocycles. The molecule has 0 bridgehead atoms. The topological polar surface area (TPSA) is 55.3 Å². The second-order valence-corrected chi connectivity index (χ2v) is 6.12. The van der Waals surface area contributed by atoms with Crippen LogP contribution in [0.4, 0.5) is 4.39 Å². The van der Waals surface area contributed by atoms with Gasteiger partial charge in [-0.05, 0) is 25.7 Å². The lowest BCUT2D eigenvalue weighted by Gasteiger charge is -2.34. The summed E-state index contributed by atoms with van der Waals surface area (Å²) in [6.45, 7) is 5.57.